The molecule has 0 saturated heterocycles. The summed E-state index contributed by atoms with van der Waals surface area (Å²) < 4.78 is 1.86. The average Bonchev–Trinajstić information content (AvgIpc) is 2.64. The average molecular weight is 399 g/mol. The summed E-state index contributed by atoms with van der Waals surface area (Å²) in [5.74, 6) is -0.193. The molecule has 3 nitrogen and oxygen atoms in total. The van der Waals surface area contributed by atoms with Crippen molar-refractivity contribution in [2.24, 2.45) is 0 Å². The minimum absolute atomic E-state index is 0.0965. The third-order valence-electron chi connectivity index (χ3n) is 3.74. The zero-order valence-corrected chi connectivity index (χ0v) is 14.0. The Labute approximate surface area is 134 Å². The summed E-state index contributed by atoms with van der Waals surface area (Å²) in [5, 5.41) is 0. The highest BCUT2D eigenvalue weighted by Gasteiger charge is 2.38. The van der Waals surface area contributed by atoms with Crippen LogP contribution < -0.4 is 0 Å². The van der Waals surface area contributed by atoms with Gasteiger partial charge in [0, 0.05) is 20.1 Å². The van der Waals surface area contributed by atoms with Crippen molar-refractivity contribution in [2.75, 3.05) is 0 Å². The van der Waals surface area contributed by atoms with Gasteiger partial charge in [-0.1, -0.05) is 31.9 Å². The molecular weight excluding hydrogens is 386 g/mol. The smallest absolute Gasteiger partial charge is 0.257 e. The summed E-state index contributed by atoms with van der Waals surface area (Å²) in [6.45, 7) is 0.336. The first-order chi connectivity index (χ1) is 9.56. The molecule has 1 aromatic carbocycles. The summed E-state index contributed by atoms with van der Waals surface area (Å²) in [7, 11) is 0. The summed E-state index contributed by atoms with van der Waals surface area (Å²) >= 11 is 6.85. The Bertz CT molecular complexity index is 589. The summed E-state index contributed by atoms with van der Waals surface area (Å²) in [5.41, 5.74) is 2.43. The number of rotatable bonds is 2. The summed E-state index contributed by atoms with van der Waals surface area (Å²) in [4.78, 5) is 26.1. The van der Waals surface area contributed by atoms with Gasteiger partial charge in [0.25, 0.3) is 11.8 Å². The first-order valence-electron chi connectivity index (χ1n) is 6.59. The van der Waals surface area contributed by atoms with Crippen molar-refractivity contribution in [3.8, 4) is 0 Å². The molecule has 0 saturated carbocycles. The second kappa shape index (κ2) is 5.45. The largest absolute Gasteiger partial charge is 0.270 e. The Morgan fingerprint density at radius 2 is 1.40 bits per heavy atom. The molecule has 1 aliphatic carbocycles. The zero-order chi connectivity index (χ0) is 14.3. The molecule has 0 atom stereocenters. The molecule has 0 radical (unpaired) electrons. The van der Waals surface area contributed by atoms with Crippen LogP contribution >= 0.6 is 31.9 Å². The maximum Gasteiger partial charge on any atom is 0.257 e. The lowest BCUT2D eigenvalue weighted by atomic mass is 9.93. The monoisotopic (exact) mass is 397 g/mol. The first kappa shape index (κ1) is 14.0. The number of hydrogen-bond donors (Lipinski definition) is 0. The Hall–Kier alpha value is -0.940. The first-order valence-corrected chi connectivity index (χ1v) is 8.18. The standard InChI is InChI=1S/C15H13Br2NO2/c16-10-5-9(6-11(17)7-10)8-18-14(19)12-3-1-2-4-13(12)15(18)20/h5-7H,1-4,8H2. The minimum Gasteiger partial charge on any atom is -0.270 e. The third kappa shape index (κ3) is 2.49. The van der Waals surface area contributed by atoms with Gasteiger partial charge >= 0.3 is 0 Å². The van der Waals surface area contributed by atoms with Gasteiger partial charge in [0.05, 0.1) is 6.54 Å². The van der Waals surface area contributed by atoms with Gasteiger partial charge in [-0.3, -0.25) is 14.5 Å². The van der Waals surface area contributed by atoms with Crippen molar-refractivity contribution in [2.45, 2.75) is 32.2 Å². The second-order valence-corrected chi connectivity index (χ2v) is 6.97. The van der Waals surface area contributed by atoms with Crippen molar-refractivity contribution >= 4 is 43.7 Å². The van der Waals surface area contributed by atoms with Crippen molar-refractivity contribution in [1.82, 2.24) is 4.90 Å². The van der Waals surface area contributed by atoms with Crippen LogP contribution in [0.15, 0.2) is 38.3 Å². The van der Waals surface area contributed by atoms with Crippen LogP contribution in [0.3, 0.4) is 0 Å². The van der Waals surface area contributed by atoms with E-state index in [0.29, 0.717) is 6.54 Å². The molecule has 5 heteroatoms. The number of hydrogen-bond acceptors (Lipinski definition) is 2. The van der Waals surface area contributed by atoms with Crippen LogP contribution in [0.4, 0.5) is 0 Å². The van der Waals surface area contributed by atoms with Crippen LogP contribution in [0, 0.1) is 0 Å². The van der Waals surface area contributed by atoms with Crippen molar-refractivity contribution in [3.63, 3.8) is 0 Å². The van der Waals surface area contributed by atoms with Gasteiger partial charge < -0.3 is 0 Å². The number of amides is 2. The van der Waals surface area contributed by atoms with Gasteiger partial charge in [-0.2, -0.15) is 0 Å². The van der Waals surface area contributed by atoms with E-state index in [9.17, 15) is 9.59 Å². The van der Waals surface area contributed by atoms with Gasteiger partial charge in [-0.15, -0.1) is 0 Å². The van der Waals surface area contributed by atoms with E-state index in [2.05, 4.69) is 31.9 Å². The lowest BCUT2D eigenvalue weighted by molar-refractivity contribution is -0.138. The van der Waals surface area contributed by atoms with E-state index in [0.717, 1.165) is 51.3 Å². The summed E-state index contributed by atoms with van der Waals surface area (Å²) in [6.07, 6.45) is 3.51. The number of benzene rings is 1. The Balaban J connectivity index is 1.86. The van der Waals surface area contributed by atoms with Gasteiger partial charge in [0.1, 0.15) is 0 Å². The topological polar surface area (TPSA) is 37.4 Å². The van der Waals surface area contributed by atoms with E-state index in [1.807, 2.05) is 18.2 Å². The maximum atomic E-state index is 12.3. The molecule has 0 unspecified atom stereocenters. The number of carbonyl (C=O) groups excluding carboxylic acids is 2. The quantitative estimate of drug-likeness (QED) is 0.707. The highest BCUT2D eigenvalue weighted by Crippen LogP contribution is 2.34. The Morgan fingerprint density at radius 1 is 0.900 bits per heavy atom. The van der Waals surface area contributed by atoms with Crippen LogP contribution in [-0.4, -0.2) is 16.7 Å². The molecule has 1 aliphatic heterocycles. The lowest BCUT2D eigenvalue weighted by Gasteiger charge is -2.15. The molecule has 0 bridgehead atoms. The maximum absolute atomic E-state index is 12.3. The minimum atomic E-state index is -0.0965. The fourth-order valence-electron chi connectivity index (χ4n) is 2.82. The molecule has 0 spiro atoms. The Kier molecular flexibility index (Phi) is 3.82. The fraction of sp³-hybridized carbons (Fsp3) is 0.333. The summed E-state index contributed by atoms with van der Waals surface area (Å²) in [6, 6.07) is 5.80. The van der Waals surface area contributed by atoms with Gasteiger partial charge in [-0.25, -0.2) is 0 Å². The van der Waals surface area contributed by atoms with E-state index in [-0.39, 0.29) is 11.8 Å². The van der Waals surface area contributed by atoms with Gasteiger partial charge in [0.2, 0.25) is 0 Å². The van der Waals surface area contributed by atoms with E-state index >= 15 is 0 Å². The zero-order valence-electron chi connectivity index (χ0n) is 10.8. The van der Waals surface area contributed by atoms with Gasteiger partial charge in [-0.05, 0) is 49.4 Å². The molecular formula is C15H13Br2NO2. The normalized spacial score (nSPS) is 18.8. The van der Waals surface area contributed by atoms with E-state index in [1.165, 1.54) is 4.90 Å². The van der Waals surface area contributed by atoms with Crippen LogP contribution in [0.2, 0.25) is 0 Å². The molecule has 0 aromatic heterocycles. The van der Waals surface area contributed by atoms with Crippen LogP contribution in [-0.2, 0) is 16.1 Å². The van der Waals surface area contributed by atoms with Crippen LogP contribution in [0.25, 0.3) is 0 Å². The molecule has 104 valence electrons. The molecule has 1 heterocycles. The SMILES string of the molecule is O=C1C2=C(CCCC2)C(=O)N1Cc1cc(Br)cc(Br)c1. The van der Waals surface area contributed by atoms with Crippen molar-refractivity contribution in [1.29, 1.82) is 0 Å². The lowest BCUT2D eigenvalue weighted by Crippen LogP contribution is -2.31. The van der Waals surface area contributed by atoms with E-state index in [4.69, 9.17) is 0 Å². The van der Waals surface area contributed by atoms with E-state index < -0.39 is 0 Å². The van der Waals surface area contributed by atoms with Crippen molar-refractivity contribution < 1.29 is 9.59 Å². The molecule has 20 heavy (non-hydrogen) atoms. The van der Waals surface area contributed by atoms with Crippen LogP contribution in [0.5, 0.6) is 0 Å². The predicted molar refractivity (Wildman–Crippen MR) is 82.9 cm³/mol. The number of nitrogens with zero attached hydrogens (tertiary/aromatic N) is 1. The number of imide groups is 1. The van der Waals surface area contributed by atoms with Crippen LogP contribution in [0.1, 0.15) is 31.2 Å². The molecule has 3 rings (SSSR count). The number of halogens is 2. The highest BCUT2D eigenvalue weighted by molar-refractivity contribution is 9.11. The van der Waals surface area contributed by atoms with E-state index in [1.54, 1.807) is 0 Å². The molecule has 2 amide bonds. The molecule has 0 fully saturated rings. The third-order valence-corrected chi connectivity index (χ3v) is 4.65. The number of carbonyl (C=O) groups is 2. The van der Waals surface area contributed by atoms with Crippen molar-refractivity contribution in [3.05, 3.63) is 43.9 Å². The molecule has 2 aliphatic rings. The Morgan fingerprint density at radius 3 is 1.90 bits per heavy atom. The van der Waals surface area contributed by atoms with Gasteiger partial charge in [0.15, 0.2) is 0 Å². The molecule has 0 N–H and O–H groups in total. The fourth-order valence-corrected chi connectivity index (χ4v) is 4.21. The molecule has 1 aromatic rings. The predicted octanol–water partition coefficient (Wildman–Crippen LogP) is 3.95. The highest BCUT2D eigenvalue weighted by atomic mass is 79.9. The second-order valence-electron chi connectivity index (χ2n) is 5.14.